The minimum atomic E-state index is -4.50. The number of hydrogen-bond acceptors (Lipinski definition) is 5. The Labute approximate surface area is 203 Å². The molecule has 7 nitrogen and oxygen atoms in total. The van der Waals surface area contributed by atoms with Gasteiger partial charge in [0.2, 0.25) is 11.9 Å². The number of benzene rings is 1. The van der Waals surface area contributed by atoms with Gasteiger partial charge in [0, 0.05) is 44.1 Å². The first-order valence-corrected chi connectivity index (χ1v) is 11.5. The summed E-state index contributed by atoms with van der Waals surface area (Å²) in [5.74, 6) is -1.36. The number of anilines is 2. The van der Waals surface area contributed by atoms with Crippen molar-refractivity contribution in [2.45, 2.75) is 31.9 Å². The van der Waals surface area contributed by atoms with Gasteiger partial charge in [0.1, 0.15) is 11.4 Å². The first kappa shape index (κ1) is 24.1. The Morgan fingerprint density at radius 3 is 2.31 bits per heavy atom. The number of rotatable bonds is 4. The van der Waals surface area contributed by atoms with Gasteiger partial charge in [-0.05, 0) is 55.4 Å². The minimum absolute atomic E-state index is 0.132. The Kier molecular flexibility index (Phi) is 5.92. The summed E-state index contributed by atoms with van der Waals surface area (Å²) in [6, 6.07) is 4.11. The molecule has 0 radical (unpaired) electrons. The zero-order chi connectivity index (χ0) is 25.8. The maximum Gasteiger partial charge on any atom is 0.419 e. The van der Waals surface area contributed by atoms with Gasteiger partial charge in [-0.25, -0.2) is 19.0 Å². The molecule has 2 fully saturated rings. The highest BCUT2D eigenvalue weighted by molar-refractivity contribution is 6.05. The van der Waals surface area contributed by atoms with Gasteiger partial charge in [0.25, 0.3) is 5.91 Å². The van der Waals surface area contributed by atoms with Crippen molar-refractivity contribution < 1.29 is 26.7 Å². The summed E-state index contributed by atoms with van der Waals surface area (Å²) >= 11 is 0. The predicted octanol–water partition coefficient (Wildman–Crippen LogP) is 4.70. The van der Waals surface area contributed by atoms with Gasteiger partial charge in [-0.15, -0.1) is 0 Å². The minimum Gasteiger partial charge on any atom is -0.340 e. The molecule has 1 saturated carbocycles. The topological polar surface area (TPSA) is 75.9 Å². The molecule has 1 aliphatic heterocycles. The second-order valence-corrected chi connectivity index (χ2v) is 9.46. The number of fused-ring (bicyclic) bond motifs is 1. The molecule has 190 valence electrons. The van der Waals surface area contributed by atoms with Crippen LogP contribution in [0.3, 0.4) is 0 Å². The van der Waals surface area contributed by atoms with Crippen molar-refractivity contribution in [1.29, 1.82) is 0 Å². The first-order valence-electron chi connectivity index (χ1n) is 11.5. The lowest BCUT2D eigenvalue weighted by molar-refractivity contribution is -0.138. The summed E-state index contributed by atoms with van der Waals surface area (Å²) in [4.78, 5) is 22.6. The number of alkyl halides is 3. The second-order valence-electron chi connectivity index (χ2n) is 9.46. The molecule has 1 saturated heterocycles. The number of carbonyl (C=O) groups is 1. The molecule has 1 N–H and O–H groups in total. The molecule has 2 aromatic heterocycles. The van der Waals surface area contributed by atoms with Crippen LogP contribution in [0.1, 0.15) is 45.9 Å². The van der Waals surface area contributed by atoms with Gasteiger partial charge in [-0.2, -0.15) is 22.7 Å². The molecular formula is C24H23F5N6O. The van der Waals surface area contributed by atoms with Crippen LogP contribution in [0.4, 0.5) is 33.6 Å². The number of aromatic nitrogens is 4. The van der Waals surface area contributed by atoms with E-state index in [1.807, 2.05) is 4.90 Å². The average molecular weight is 506 g/mol. The monoisotopic (exact) mass is 506 g/mol. The molecule has 5 rings (SSSR count). The van der Waals surface area contributed by atoms with Crippen molar-refractivity contribution in [3.05, 3.63) is 64.7 Å². The van der Waals surface area contributed by atoms with Gasteiger partial charge in [0.05, 0.1) is 11.3 Å². The summed E-state index contributed by atoms with van der Waals surface area (Å²) < 4.78 is 67.9. The van der Waals surface area contributed by atoms with E-state index in [0.717, 1.165) is 17.1 Å². The molecule has 1 aromatic carbocycles. The summed E-state index contributed by atoms with van der Waals surface area (Å²) in [6.45, 7) is 2.67. The molecule has 2 aliphatic rings. The van der Waals surface area contributed by atoms with Gasteiger partial charge < -0.3 is 10.2 Å². The average Bonchev–Trinajstić information content (AvgIpc) is 3.48. The Hall–Kier alpha value is -3.57. The van der Waals surface area contributed by atoms with Gasteiger partial charge in [0.15, 0.2) is 0 Å². The number of aryl methyl sites for hydroxylation is 2. The lowest BCUT2D eigenvalue weighted by Crippen LogP contribution is -2.24. The van der Waals surface area contributed by atoms with Crippen molar-refractivity contribution in [2.24, 2.45) is 18.9 Å². The SMILES string of the molecule is Cc1cc(NC(=O)c2c(C3CC4CN(c5ncc(C(F)(F)F)cn5)CC4C3)nn(C)c2F)ccc1F. The Bertz CT molecular complexity index is 1290. The van der Waals surface area contributed by atoms with E-state index in [1.54, 1.807) is 6.92 Å². The zero-order valence-corrected chi connectivity index (χ0v) is 19.5. The first-order chi connectivity index (χ1) is 17.0. The second kappa shape index (κ2) is 8.82. The summed E-state index contributed by atoms with van der Waals surface area (Å²) in [6.07, 6.45) is -1.64. The van der Waals surface area contributed by atoms with Crippen molar-refractivity contribution in [3.8, 4) is 0 Å². The number of carbonyl (C=O) groups excluding carboxylic acids is 1. The fourth-order valence-corrected chi connectivity index (χ4v) is 5.25. The largest absolute Gasteiger partial charge is 0.419 e. The molecule has 1 aliphatic carbocycles. The number of halogens is 5. The van der Waals surface area contributed by atoms with Crippen LogP contribution in [0, 0.1) is 30.5 Å². The van der Waals surface area contributed by atoms with E-state index in [2.05, 4.69) is 20.4 Å². The van der Waals surface area contributed by atoms with Crippen LogP contribution in [-0.2, 0) is 13.2 Å². The number of nitrogens with zero attached hydrogens (tertiary/aromatic N) is 5. The smallest absolute Gasteiger partial charge is 0.340 e. The van der Waals surface area contributed by atoms with Crippen LogP contribution in [-0.4, -0.2) is 38.7 Å². The summed E-state index contributed by atoms with van der Waals surface area (Å²) in [7, 11) is 1.43. The maximum atomic E-state index is 14.9. The Balaban J connectivity index is 1.30. The highest BCUT2D eigenvalue weighted by atomic mass is 19.4. The molecule has 2 unspecified atom stereocenters. The van der Waals surface area contributed by atoms with E-state index in [0.29, 0.717) is 42.9 Å². The molecule has 36 heavy (non-hydrogen) atoms. The van der Waals surface area contributed by atoms with E-state index < -0.39 is 29.4 Å². The lowest BCUT2D eigenvalue weighted by atomic mass is 9.97. The highest BCUT2D eigenvalue weighted by Crippen LogP contribution is 2.47. The number of hydrogen-bond donors (Lipinski definition) is 1. The molecule has 3 heterocycles. The third-order valence-electron chi connectivity index (χ3n) is 7.03. The Morgan fingerprint density at radius 1 is 1.08 bits per heavy atom. The standard InChI is InChI=1S/C24H23F5N6O/c1-12-5-17(3-4-18(12)25)32-22(36)19-20(33-34(2)21(19)26)13-6-14-10-35(11-15(14)7-13)23-30-8-16(9-31-23)24(27,28)29/h3-5,8-9,13-15H,6-7,10-11H2,1-2H3,(H,32,36). The maximum absolute atomic E-state index is 14.9. The number of nitrogens with one attached hydrogen (secondary N) is 1. The van der Waals surface area contributed by atoms with E-state index in [-0.39, 0.29) is 29.3 Å². The lowest BCUT2D eigenvalue weighted by Gasteiger charge is -2.19. The van der Waals surface area contributed by atoms with Crippen LogP contribution in [0.5, 0.6) is 0 Å². The van der Waals surface area contributed by atoms with Crippen LogP contribution >= 0.6 is 0 Å². The van der Waals surface area contributed by atoms with E-state index >= 15 is 0 Å². The fraction of sp³-hybridized carbons (Fsp3) is 0.417. The molecule has 2 atom stereocenters. The van der Waals surface area contributed by atoms with E-state index in [4.69, 9.17) is 0 Å². The summed E-state index contributed by atoms with van der Waals surface area (Å²) in [5, 5.41) is 6.93. The quantitative estimate of drug-likeness (QED) is 0.520. The van der Waals surface area contributed by atoms with Crippen molar-refractivity contribution >= 4 is 17.5 Å². The van der Waals surface area contributed by atoms with E-state index in [1.165, 1.54) is 25.2 Å². The molecule has 12 heteroatoms. The normalized spacial score (nSPS) is 21.6. The Morgan fingerprint density at radius 2 is 1.72 bits per heavy atom. The van der Waals surface area contributed by atoms with Gasteiger partial charge in [-0.3, -0.25) is 4.79 Å². The van der Waals surface area contributed by atoms with Crippen LogP contribution < -0.4 is 10.2 Å². The zero-order valence-electron chi connectivity index (χ0n) is 19.5. The van der Waals surface area contributed by atoms with Gasteiger partial charge in [-0.1, -0.05) is 0 Å². The van der Waals surface area contributed by atoms with Gasteiger partial charge >= 0.3 is 6.18 Å². The van der Waals surface area contributed by atoms with Crippen molar-refractivity contribution in [2.75, 3.05) is 23.3 Å². The molecule has 1 amide bonds. The third-order valence-corrected chi connectivity index (χ3v) is 7.03. The van der Waals surface area contributed by atoms with E-state index in [9.17, 15) is 26.7 Å². The van der Waals surface area contributed by atoms with Crippen molar-refractivity contribution in [3.63, 3.8) is 0 Å². The fourth-order valence-electron chi connectivity index (χ4n) is 5.25. The molecular weight excluding hydrogens is 483 g/mol. The predicted molar refractivity (Wildman–Crippen MR) is 120 cm³/mol. The highest BCUT2D eigenvalue weighted by Gasteiger charge is 2.44. The summed E-state index contributed by atoms with van der Waals surface area (Å²) in [5.41, 5.74) is 0.0448. The molecule has 0 bridgehead atoms. The van der Waals surface area contributed by atoms with Crippen molar-refractivity contribution in [1.82, 2.24) is 19.7 Å². The van der Waals surface area contributed by atoms with Crippen LogP contribution in [0.15, 0.2) is 30.6 Å². The van der Waals surface area contributed by atoms with Crippen LogP contribution in [0.25, 0.3) is 0 Å². The van der Waals surface area contributed by atoms with Crippen LogP contribution in [0.2, 0.25) is 0 Å². The third kappa shape index (κ3) is 4.40. The molecule has 3 aromatic rings. The number of amides is 1. The molecule has 0 spiro atoms.